The second-order valence-electron chi connectivity index (χ2n) is 13.7. The molecule has 3 aromatic rings. The number of ether oxygens (including phenoxy) is 1. The molecule has 1 saturated heterocycles. The zero-order valence-corrected chi connectivity index (χ0v) is 26.0. The predicted octanol–water partition coefficient (Wildman–Crippen LogP) is 3.83. The van der Waals surface area contributed by atoms with Crippen LogP contribution in [0.25, 0.3) is 12.2 Å². The molecule has 0 unspecified atom stereocenters. The van der Waals surface area contributed by atoms with E-state index in [0.29, 0.717) is 30.9 Å². The van der Waals surface area contributed by atoms with Crippen LogP contribution in [0.5, 0.6) is 11.5 Å². The van der Waals surface area contributed by atoms with E-state index in [4.69, 9.17) is 13.6 Å². The van der Waals surface area contributed by atoms with E-state index in [-0.39, 0.29) is 23.6 Å². The molecule has 2 aliphatic heterocycles. The third-order valence-corrected chi connectivity index (χ3v) is 11.4. The van der Waals surface area contributed by atoms with Crippen LogP contribution in [-0.4, -0.2) is 93.7 Å². The van der Waals surface area contributed by atoms with E-state index in [2.05, 4.69) is 4.90 Å². The molecule has 5 aliphatic rings. The molecule has 240 valence electrons. The first kappa shape index (κ1) is 29.1. The molecule has 1 spiro atoms. The van der Waals surface area contributed by atoms with Crippen LogP contribution in [-0.2, 0) is 21.4 Å². The maximum atomic E-state index is 13.9. The fraction of sp³-hybridized carbons (Fsp3) is 0.444. The van der Waals surface area contributed by atoms with Gasteiger partial charge in [0.2, 0.25) is 11.8 Å². The van der Waals surface area contributed by atoms with Gasteiger partial charge in [0.05, 0.1) is 42.6 Å². The van der Waals surface area contributed by atoms with Crippen LogP contribution in [0.2, 0.25) is 0 Å². The number of nitrogens with zero attached hydrogens (tertiary/aromatic N) is 3. The molecule has 2 saturated carbocycles. The highest BCUT2D eigenvalue weighted by atomic mass is 16.5. The Kier molecular flexibility index (Phi) is 6.74. The van der Waals surface area contributed by atoms with E-state index >= 15 is 0 Å². The second-order valence-corrected chi connectivity index (χ2v) is 13.7. The maximum absolute atomic E-state index is 13.9. The van der Waals surface area contributed by atoms with Gasteiger partial charge in [0.1, 0.15) is 11.7 Å². The van der Waals surface area contributed by atoms with E-state index in [9.17, 15) is 19.8 Å². The lowest BCUT2D eigenvalue weighted by Crippen LogP contribution is -2.84. The van der Waals surface area contributed by atoms with Crippen molar-refractivity contribution in [3.8, 4) is 11.5 Å². The number of furan rings is 2. The molecule has 46 heavy (non-hydrogen) atoms. The van der Waals surface area contributed by atoms with E-state index in [1.165, 1.54) is 25.0 Å². The Balaban J connectivity index is 1.24. The highest BCUT2D eigenvalue weighted by Crippen LogP contribution is 2.66. The molecule has 4 heterocycles. The molecule has 2 amide bonds. The van der Waals surface area contributed by atoms with Crippen LogP contribution in [0.4, 0.5) is 0 Å². The molecule has 3 aliphatic carbocycles. The van der Waals surface area contributed by atoms with Crippen LogP contribution >= 0.6 is 0 Å². The topological polar surface area (TPSA) is 120 Å². The highest BCUT2D eigenvalue weighted by Gasteiger charge is 2.77. The number of piperidine rings is 1. The van der Waals surface area contributed by atoms with Crippen molar-refractivity contribution in [2.24, 2.45) is 5.92 Å². The van der Waals surface area contributed by atoms with Crippen molar-refractivity contribution in [1.82, 2.24) is 14.7 Å². The standard InChI is InChI=1S/C36H39N3O7/c1-37(30(41)9-5-23-11-15-44-20-23)26-18-28(38(2)31(42)10-6-24-12-16-45-21-24)36(43)29-17-25-7-8-27(40)33-32(25)35(36,34(26)46-33)13-14-39(29)19-22-3-4-22/h5-12,15-16,20-22,26,28-29,34,40,43H,3-4,13-14,17-19H2,1-2H3/b9-5+,10-6+/t26-,28+,29+,34+,35+,36-/m1/s1. The number of phenols is 1. The third kappa shape index (κ3) is 4.23. The monoisotopic (exact) mass is 625 g/mol. The van der Waals surface area contributed by atoms with Crippen LogP contribution in [0, 0.1) is 5.92 Å². The highest BCUT2D eigenvalue weighted by molar-refractivity contribution is 5.93. The average Bonchev–Trinajstić information content (AvgIpc) is 3.40. The number of aliphatic hydroxyl groups is 1. The fourth-order valence-electron chi connectivity index (χ4n) is 8.95. The average molecular weight is 626 g/mol. The number of rotatable bonds is 8. The summed E-state index contributed by atoms with van der Waals surface area (Å²) in [5.74, 6) is 0.547. The van der Waals surface area contributed by atoms with Crippen LogP contribution < -0.4 is 4.74 Å². The van der Waals surface area contributed by atoms with Gasteiger partial charge in [-0.3, -0.25) is 14.5 Å². The molecule has 2 bridgehead atoms. The first-order valence-corrected chi connectivity index (χ1v) is 16.1. The van der Waals surface area contributed by atoms with Gasteiger partial charge in [-0.15, -0.1) is 0 Å². The Morgan fingerprint density at radius 1 is 1.00 bits per heavy atom. The number of likely N-dealkylation sites (tertiary alicyclic amines) is 1. The molecule has 3 fully saturated rings. The van der Waals surface area contributed by atoms with Crippen molar-refractivity contribution in [3.05, 3.63) is 83.7 Å². The van der Waals surface area contributed by atoms with Crippen molar-refractivity contribution in [2.75, 3.05) is 27.2 Å². The molecule has 0 radical (unpaired) electrons. The lowest BCUT2D eigenvalue weighted by atomic mass is 9.46. The second kappa shape index (κ2) is 10.6. The van der Waals surface area contributed by atoms with E-state index < -0.39 is 29.2 Å². The lowest BCUT2D eigenvalue weighted by Gasteiger charge is -2.68. The Morgan fingerprint density at radius 2 is 1.67 bits per heavy atom. The van der Waals surface area contributed by atoms with Crippen LogP contribution in [0.15, 0.2) is 70.3 Å². The van der Waals surface area contributed by atoms with E-state index in [1.54, 1.807) is 79.3 Å². The summed E-state index contributed by atoms with van der Waals surface area (Å²) in [6, 6.07) is 5.76. The summed E-state index contributed by atoms with van der Waals surface area (Å²) in [6.45, 7) is 1.66. The molecule has 6 atom stereocenters. The quantitative estimate of drug-likeness (QED) is 0.363. The molecule has 8 rings (SSSR count). The third-order valence-electron chi connectivity index (χ3n) is 11.4. The van der Waals surface area contributed by atoms with Gasteiger partial charge < -0.3 is 33.6 Å². The Labute approximate surface area is 267 Å². The molecule has 2 N–H and O–H groups in total. The normalized spacial score (nSPS) is 31.2. The number of likely N-dealkylation sites (N-methyl/N-ethyl adjacent to an activating group) is 2. The molecule has 2 aromatic heterocycles. The number of benzene rings is 1. The first-order valence-electron chi connectivity index (χ1n) is 16.1. The number of phenolic OH excluding ortho intramolecular Hbond substituents is 1. The largest absolute Gasteiger partial charge is 0.504 e. The first-order chi connectivity index (χ1) is 22.2. The number of hydrogen-bond acceptors (Lipinski definition) is 8. The minimum atomic E-state index is -1.41. The number of carbonyl (C=O) groups excluding carboxylic acids is 2. The van der Waals surface area contributed by atoms with Crippen molar-refractivity contribution < 1.29 is 33.4 Å². The molecular weight excluding hydrogens is 586 g/mol. The summed E-state index contributed by atoms with van der Waals surface area (Å²) in [5, 5.41) is 24.7. The summed E-state index contributed by atoms with van der Waals surface area (Å²) in [4.78, 5) is 33.4. The number of amides is 2. The van der Waals surface area contributed by atoms with Gasteiger partial charge in [0.15, 0.2) is 11.5 Å². The Morgan fingerprint density at radius 3 is 2.30 bits per heavy atom. The maximum Gasteiger partial charge on any atom is 0.246 e. The van der Waals surface area contributed by atoms with Gasteiger partial charge in [-0.1, -0.05) is 6.07 Å². The minimum Gasteiger partial charge on any atom is -0.504 e. The van der Waals surface area contributed by atoms with E-state index in [0.717, 1.165) is 35.3 Å². The summed E-state index contributed by atoms with van der Waals surface area (Å²) in [5.41, 5.74) is 1.06. The summed E-state index contributed by atoms with van der Waals surface area (Å²) in [6.07, 6.45) is 15.9. The van der Waals surface area contributed by atoms with Crippen LogP contribution in [0.1, 0.15) is 47.9 Å². The molecular formula is C36H39N3O7. The van der Waals surface area contributed by atoms with Gasteiger partial charge in [0, 0.05) is 55.5 Å². The number of carbonyl (C=O) groups is 2. The minimum absolute atomic E-state index is 0.0281. The van der Waals surface area contributed by atoms with Crippen LogP contribution in [0.3, 0.4) is 0 Å². The Hall–Kier alpha value is -4.28. The Bertz CT molecular complexity index is 1710. The zero-order chi connectivity index (χ0) is 31.8. The van der Waals surface area contributed by atoms with Gasteiger partial charge in [-0.25, -0.2) is 0 Å². The predicted molar refractivity (Wildman–Crippen MR) is 169 cm³/mol. The smallest absolute Gasteiger partial charge is 0.246 e. The SMILES string of the molecule is CN(C(=O)/C=C/c1ccoc1)[C@@H]1C[C@H](N(C)C(=O)/C=C/c2ccoc2)[C@@]2(O)[C@@H]3Cc4ccc(O)c5c4[C@@]2(CCN3CC2CC2)[C@H]1O5. The van der Waals surface area contributed by atoms with Crippen molar-refractivity contribution in [2.45, 2.75) is 67.3 Å². The van der Waals surface area contributed by atoms with Crippen molar-refractivity contribution in [3.63, 3.8) is 0 Å². The molecule has 10 nitrogen and oxygen atoms in total. The number of aromatic hydroxyl groups is 1. The van der Waals surface area contributed by atoms with Crippen molar-refractivity contribution >= 4 is 24.0 Å². The number of hydrogen-bond donors (Lipinski definition) is 2. The van der Waals surface area contributed by atoms with E-state index in [1.807, 2.05) is 6.07 Å². The summed E-state index contributed by atoms with van der Waals surface area (Å²) >= 11 is 0. The lowest BCUT2D eigenvalue weighted by molar-refractivity contribution is -0.229. The molecule has 10 heteroatoms. The van der Waals surface area contributed by atoms with Crippen molar-refractivity contribution in [1.29, 1.82) is 0 Å². The van der Waals surface area contributed by atoms with Gasteiger partial charge >= 0.3 is 0 Å². The van der Waals surface area contributed by atoms with Gasteiger partial charge in [-0.2, -0.15) is 0 Å². The van der Waals surface area contributed by atoms with Gasteiger partial charge in [0.25, 0.3) is 0 Å². The van der Waals surface area contributed by atoms with Gasteiger partial charge in [-0.05, 0) is 80.5 Å². The zero-order valence-electron chi connectivity index (χ0n) is 26.0. The summed E-state index contributed by atoms with van der Waals surface area (Å²) < 4.78 is 17.1. The fourth-order valence-corrected chi connectivity index (χ4v) is 8.95. The summed E-state index contributed by atoms with van der Waals surface area (Å²) in [7, 11) is 3.50. The molecule has 1 aromatic carbocycles.